The Hall–Kier alpha value is -7.33. The van der Waals surface area contributed by atoms with E-state index in [2.05, 4.69) is 62.2 Å². The van der Waals surface area contributed by atoms with Crippen LogP contribution in [-0.2, 0) is 29.5 Å². The summed E-state index contributed by atoms with van der Waals surface area (Å²) in [6, 6.07) is 49.9. The Balaban J connectivity index is 0.985. The summed E-state index contributed by atoms with van der Waals surface area (Å²) < 4.78 is 6.32. The first kappa shape index (κ1) is 43.9. The van der Waals surface area contributed by atoms with Gasteiger partial charge in [0.25, 0.3) is 11.8 Å². The number of fused-ring (bicyclic) bond motifs is 1. The Labute approximate surface area is 393 Å². The van der Waals surface area contributed by atoms with Crippen molar-refractivity contribution in [1.29, 1.82) is 0 Å². The molecule has 12 nitrogen and oxygen atoms in total. The molecule has 1 saturated heterocycles. The molecule has 4 heterocycles. The molecule has 5 aromatic carbocycles. The number of nitrogens with one attached hydrogen (secondary N) is 2. The number of carbonyl (C=O) groups is 3. The van der Waals surface area contributed by atoms with Crippen LogP contribution in [0.3, 0.4) is 0 Å². The lowest BCUT2D eigenvalue weighted by Gasteiger charge is -2.49. The predicted octanol–water partition coefficient (Wildman–Crippen LogP) is 8.98. The highest BCUT2D eigenvalue weighted by Crippen LogP contribution is 2.43. The lowest BCUT2D eigenvalue weighted by molar-refractivity contribution is -0.154. The third kappa shape index (κ3) is 9.13. The molecule has 7 aromatic rings. The number of oxime groups is 1. The van der Waals surface area contributed by atoms with E-state index in [4.69, 9.17) is 14.6 Å². The number of rotatable bonds is 16. The van der Waals surface area contributed by atoms with Crippen molar-refractivity contribution < 1.29 is 24.0 Å². The lowest BCUT2D eigenvalue weighted by atomic mass is 9.77. The normalized spacial score (nSPS) is 16.1. The summed E-state index contributed by atoms with van der Waals surface area (Å²) in [6.45, 7) is 0. The van der Waals surface area contributed by atoms with Crippen LogP contribution in [0.2, 0.25) is 0 Å². The van der Waals surface area contributed by atoms with Crippen LogP contribution in [0, 0.1) is 0 Å². The smallest absolute Gasteiger partial charge is 0.356 e. The van der Waals surface area contributed by atoms with Gasteiger partial charge in [-0.25, -0.2) is 19.7 Å². The Morgan fingerprint density at radius 2 is 1.35 bits per heavy atom. The molecular weight excluding hydrogens is 887 g/mol. The van der Waals surface area contributed by atoms with Gasteiger partial charge >= 0.3 is 5.97 Å². The quantitative estimate of drug-likeness (QED) is 0.0182. The molecule has 0 saturated carbocycles. The highest BCUT2D eigenvalue weighted by atomic mass is 32.2. The van der Waals surface area contributed by atoms with Gasteiger partial charge in [0, 0.05) is 23.5 Å². The minimum Gasteiger partial charge on any atom is -0.448 e. The number of nitrogens with zero attached hydrogens (tertiary/aromatic N) is 5. The number of β-lactam (4-membered cyclic amide) rings is 1. The molecule has 2 aliphatic heterocycles. The standard InChI is InChI=1S/C51H41N7O5S3/c1-62-57-41(40-33-66-50(54-40)56-51(37-22-11-4-12-23-37,38-24-13-5-14-25-38)39-26-15-6-16-27-39)45(59)55-42-46(60)58-43(36(32-65-47(42)58)28-31-64-49-52-29-17-30-53-49)48(61)63-44(34-18-7-2-8-19-34)35-20-9-3-10-21-35/h2-31,33,42,44,47H,32H2,1H3,(H,54,56)(H,55,59). The number of hydrogen-bond acceptors (Lipinski definition) is 13. The number of allylic oxidation sites excluding steroid dienone is 1. The van der Waals surface area contributed by atoms with Crippen molar-refractivity contribution in [3.63, 3.8) is 0 Å². The molecule has 66 heavy (non-hydrogen) atoms. The van der Waals surface area contributed by atoms with E-state index in [-0.39, 0.29) is 17.1 Å². The molecular formula is C51H41N7O5S3. The van der Waals surface area contributed by atoms with Crippen LogP contribution in [0.5, 0.6) is 0 Å². The second kappa shape index (κ2) is 20.2. The van der Waals surface area contributed by atoms with Crippen molar-refractivity contribution in [2.45, 2.75) is 28.2 Å². The number of amides is 2. The van der Waals surface area contributed by atoms with Gasteiger partial charge in [0.15, 0.2) is 22.1 Å². The van der Waals surface area contributed by atoms with Crippen LogP contribution in [0.1, 0.15) is 39.6 Å². The number of benzene rings is 5. The number of carbonyl (C=O) groups excluding carboxylic acids is 3. The molecule has 0 aliphatic carbocycles. The Morgan fingerprint density at radius 1 is 0.803 bits per heavy atom. The molecule has 2 atom stereocenters. The minimum absolute atomic E-state index is 0.0941. The molecule has 328 valence electrons. The van der Waals surface area contributed by atoms with Gasteiger partial charge in [-0.05, 0) is 50.9 Å². The Kier molecular flexibility index (Phi) is 13.5. The molecule has 15 heteroatoms. The average Bonchev–Trinajstić information content (AvgIpc) is 3.84. The highest BCUT2D eigenvalue weighted by Gasteiger charge is 2.55. The van der Waals surface area contributed by atoms with Crippen LogP contribution in [0.25, 0.3) is 0 Å². The van der Waals surface area contributed by atoms with E-state index in [1.54, 1.807) is 35.3 Å². The van der Waals surface area contributed by atoms with Gasteiger partial charge in [0.1, 0.15) is 35.5 Å². The minimum atomic E-state index is -0.998. The molecule has 0 bridgehead atoms. The average molecular weight is 928 g/mol. The second-order valence-electron chi connectivity index (χ2n) is 14.9. The fourth-order valence-corrected chi connectivity index (χ4v) is 10.6. The zero-order chi connectivity index (χ0) is 45.3. The van der Waals surface area contributed by atoms with E-state index < -0.39 is 40.8 Å². The summed E-state index contributed by atoms with van der Waals surface area (Å²) in [5, 5.41) is 14.6. The van der Waals surface area contributed by atoms with E-state index in [9.17, 15) is 14.4 Å². The summed E-state index contributed by atoms with van der Waals surface area (Å²) >= 11 is 4.00. The predicted molar refractivity (Wildman–Crippen MR) is 258 cm³/mol. The first-order chi connectivity index (χ1) is 32.4. The number of esters is 1. The highest BCUT2D eigenvalue weighted by molar-refractivity contribution is 8.02. The maximum atomic E-state index is 14.5. The van der Waals surface area contributed by atoms with Gasteiger partial charge in [0.05, 0.1) is 0 Å². The number of thiazole rings is 1. The van der Waals surface area contributed by atoms with Crippen molar-refractivity contribution in [2.75, 3.05) is 18.2 Å². The van der Waals surface area contributed by atoms with Crippen molar-refractivity contribution in [3.05, 3.63) is 232 Å². The molecule has 9 rings (SSSR count). The lowest BCUT2D eigenvalue weighted by Crippen LogP contribution is -2.71. The van der Waals surface area contributed by atoms with E-state index in [0.29, 0.717) is 21.6 Å². The Bertz CT molecular complexity index is 2750. The summed E-state index contributed by atoms with van der Waals surface area (Å²) in [4.78, 5) is 63.1. The van der Waals surface area contributed by atoms with Crippen LogP contribution in [0.4, 0.5) is 5.13 Å². The molecule has 2 aliphatic rings. The topological polar surface area (TPSA) is 148 Å². The van der Waals surface area contributed by atoms with E-state index in [1.807, 2.05) is 115 Å². The maximum absolute atomic E-state index is 14.5. The largest absolute Gasteiger partial charge is 0.448 e. The third-order valence-electron chi connectivity index (χ3n) is 11.0. The SMILES string of the molecule is CON=C(C(=O)NC1C(=O)N2C(C(=O)OC(c3ccccc3)c3ccccc3)=C(C=CSc3ncccn3)CSC12)c1csc(NC(c2ccccc2)(c2ccccc2)c2ccccc2)n1. The fourth-order valence-electron chi connectivity index (χ4n) is 7.92. The van der Waals surface area contributed by atoms with Gasteiger partial charge in [-0.3, -0.25) is 14.5 Å². The van der Waals surface area contributed by atoms with Gasteiger partial charge in [-0.2, -0.15) is 0 Å². The fraction of sp³-hybridized carbons (Fsp3) is 0.118. The number of thioether (sulfide) groups is 2. The molecule has 0 spiro atoms. The maximum Gasteiger partial charge on any atom is 0.356 e. The van der Waals surface area contributed by atoms with E-state index in [1.165, 1.54) is 46.9 Å². The molecule has 1 fully saturated rings. The Morgan fingerprint density at radius 3 is 1.89 bits per heavy atom. The number of aromatic nitrogens is 3. The number of hydrogen-bond donors (Lipinski definition) is 2. The van der Waals surface area contributed by atoms with Crippen LogP contribution < -0.4 is 10.6 Å². The summed E-state index contributed by atoms with van der Waals surface area (Å²) in [5.74, 6) is -1.49. The first-order valence-corrected chi connectivity index (χ1v) is 23.7. The van der Waals surface area contributed by atoms with Gasteiger partial charge in [-0.15, -0.1) is 23.1 Å². The zero-order valence-electron chi connectivity index (χ0n) is 35.3. The van der Waals surface area contributed by atoms with Crippen LogP contribution in [-0.4, -0.2) is 67.6 Å². The molecule has 2 unspecified atom stereocenters. The first-order valence-electron chi connectivity index (χ1n) is 20.9. The molecule has 0 radical (unpaired) electrons. The van der Waals surface area contributed by atoms with Crippen molar-refractivity contribution >= 4 is 63.5 Å². The van der Waals surface area contributed by atoms with Crippen molar-refractivity contribution in [3.8, 4) is 0 Å². The van der Waals surface area contributed by atoms with E-state index in [0.717, 1.165) is 27.8 Å². The van der Waals surface area contributed by atoms with Crippen molar-refractivity contribution in [2.24, 2.45) is 5.16 Å². The van der Waals surface area contributed by atoms with E-state index >= 15 is 0 Å². The summed E-state index contributed by atoms with van der Waals surface area (Å²) in [6.07, 6.45) is 4.31. The molecule has 2 N–H and O–H groups in total. The van der Waals surface area contributed by atoms with Gasteiger partial charge < -0.3 is 20.2 Å². The van der Waals surface area contributed by atoms with Gasteiger partial charge in [-0.1, -0.05) is 169 Å². The van der Waals surface area contributed by atoms with Crippen LogP contribution >= 0.6 is 34.9 Å². The molecule has 2 amide bonds. The van der Waals surface area contributed by atoms with Gasteiger partial charge in [0.2, 0.25) is 0 Å². The zero-order valence-corrected chi connectivity index (χ0v) is 37.8. The summed E-state index contributed by atoms with van der Waals surface area (Å²) in [5.41, 5.74) is 4.41. The summed E-state index contributed by atoms with van der Waals surface area (Å²) in [7, 11) is 1.34. The molecule has 2 aromatic heterocycles. The number of ether oxygens (including phenoxy) is 1. The number of anilines is 1. The second-order valence-corrected chi connectivity index (χ2v) is 17.8. The van der Waals surface area contributed by atoms with Crippen LogP contribution in [0.15, 0.2) is 209 Å². The monoisotopic (exact) mass is 927 g/mol. The third-order valence-corrected chi connectivity index (χ3v) is 13.7. The van der Waals surface area contributed by atoms with Crippen molar-refractivity contribution in [1.82, 2.24) is 25.2 Å².